The Morgan fingerprint density at radius 3 is 2.53 bits per heavy atom. The van der Waals surface area contributed by atoms with Crippen LogP contribution in [-0.2, 0) is 11.3 Å². The monoisotopic (exact) mass is 266 g/mol. The van der Waals surface area contributed by atoms with Gasteiger partial charge in [-0.1, -0.05) is 19.3 Å². The van der Waals surface area contributed by atoms with Gasteiger partial charge in [0, 0.05) is 17.8 Å². The Labute approximate surface area is 110 Å². The second kappa shape index (κ2) is 5.42. The minimum absolute atomic E-state index is 0.0851. The molecule has 0 unspecified atom stereocenters. The highest BCUT2D eigenvalue weighted by atomic mass is 16.4. The van der Waals surface area contributed by atoms with Crippen LogP contribution in [0.3, 0.4) is 0 Å². The SMILES string of the molecule is Cc1cc(=O)n(CC(=O)O)c(=O)n1C1CCCCC1. The smallest absolute Gasteiger partial charge is 0.331 e. The number of carbonyl (C=O) groups is 1. The second-order valence-corrected chi connectivity index (χ2v) is 5.05. The predicted octanol–water partition coefficient (Wildman–Crippen LogP) is 0.908. The third-order valence-corrected chi connectivity index (χ3v) is 3.65. The fourth-order valence-corrected chi connectivity index (χ4v) is 2.77. The molecule has 0 saturated heterocycles. The van der Waals surface area contributed by atoms with Crippen LogP contribution in [0.25, 0.3) is 0 Å². The molecule has 0 bridgehead atoms. The third kappa shape index (κ3) is 2.77. The Balaban J connectivity index is 2.51. The largest absolute Gasteiger partial charge is 0.480 e. The molecule has 1 heterocycles. The summed E-state index contributed by atoms with van der Waals surface area (Å²) in [5.74, 6) is -1.18. The van der Waals surface area contributed by atoms with Crippen molar-refractivity contribution in [1.82, 2.24) is 9.13 Å². The highest BCUT2D eigenvalue weighted by molar-refractivity contribution is 5.66. The molecule has 1 N–H and O–H groups in total. The van der Waals surface area contributed by atoms with Gasteiger partial charge in [0.15, 0.2) is 0 Å². The van der Waals surface area contributed by atoms with Crippen LogP contribution >= 0.6 is 0 Å². The van der Waals surface area contributed by atoms with E-state index in [1.807, 2.05) is 0 Å². The summed E-state index contributed by atoms with van der Waals surface area (Å²) in [5, 5.41) is 8.78. The molecule has 2 rings (SSSR count). The molecule has 1 aromatic heterocycles. The van der Waals surface area contributed by atoms with Gasteiger partial charge in [0.2, 0.25) is 0 Å². The molecular formula is C13H18N2O4. The molecule has 0 spiro atoms. The Bertz CT molecular complexity index is 594. The quantitative estimate of drug-likeness (QED) is 0.881. The van der Waals surface area contributed by atoms with Crippen LogP contribution < -0.4 is 11.2 Å². The van der Waals surface area contributed by atoms with Gasteiger partial charge in [0.1, 0.15) is 6.54 Å². The Kier molecular flexibility index (Phi) is 3.87. The normalized spacial score (nSPS) is 16.5. The lowest BCUT2D eigenvalue weighted by Gasteiger charge is -2.26. The Hall–Kier alpha value is -1.85. The summed E-state index contributed by atoms with van der Waals surface area (Å²) < 4.78 is 2.38. The fourth-order valence-electron chi connectivity index (χ4n) is 2.77. The van der Waals surface area contributed by atoms with Crippen LogP contribution in [0.15, 0.2) is 15.7 Å². The van der Waals surface area contributed by atoms with E-state index in [0.717, 1.165) is 30.3 Å². The lowest BCUT2D eigenvalue weighted by molar-refractivity contribution is -0.137. The first kappa shape index (κ1) is 13.6. The fraction of sp³-hybridized carbons (Fsp3) is 0.615. The maximum Gasteiger partial charge on any atom is 0.331 e. The molecule has 0 atom stereocenters. The molecule has 0 aromatic carbocycles. The van der Waals surface area contributed by atoms with Gasteiger partial charge in [-0.25, -0.2) is 9.36 Å². The number of nitrogens with zero attached hydrogens (tertiary/aromatic N) is 2. The van der Waals surface area contributed by atoms with E-state index in [-0.39, 0.29) is 6.04 Å². The zero-order valence-corrected chi connectivity index (χ0v) is 11.0. The highest BCUT2D eigenvalue weighted by Gasteiger charge is 2.20. The number of rotatable bonds is 3. The maximum absolute atomic E-state index is 12.3. The average Bonchev–Trinajstić information content (AvgIpc) is 2.35. The van der Waals surface area contributed by atoms with Crippen LogP contribution in [0.5, 0.6) is 0 Å². The standard InChI is InChI=1S/C13H18N2O4/c1-9-7-11(16)14(8-12(17)18)13(19)15(9)10-5-3-2-4-6-10/h7,10H,2-6,8H2,1H3,(H,17,18). The molecular weight excluding hydrogens is 248 g/mol. The summed E-state index contributed by atoms with van der Waals surface area (Å²) in [5.41, 5.74) is -0.431. The summed E-state index contributed by atoms with van der Waals surface area (Å²) in [6.45, 7) is 1.15. The number of hydrogen-bond donors (Lipinski definition) is 1. The molecule has 1 aromatic rings. The van der Waals surface area contributed by atoms with E-state index in [9.17, 15) is 14.4 Å². The number of hydrogen-bond acceptors (Lipinski definition) is 3. The molecule has 0 amide bonds. The molecule has 0 radical (unpaired) electrons. The van der Waals surface area contributed by atoms with Crippen LogP contribution in [-0.4, -0.2) is 20.2 Å². The Morgan fingerprint density at radius 2 is 1.95 bits per heavy atom. The first-order valence-electron chi connectivity index (χ1n) is 6.55. The minimum atomic E-state index is -1.18. The lowest BCUT2D eigenvalue weighted by Crippen LogP contribution is -2.43. The van der Waals surface area contributed by atoms with Crippen LogP contribution in [0.4, 0.5) is 0 Å². The third-order valence-electron chi connectivity index (χ3n) is 3.65. The van der Waals surface area contributed by atoms with Crippen molar-refractivity contribution in [3.05, 3.63) is 32.6 Å². The van der Waals surface area contributed by atoms with Gasteiger partial charge in [-0.2, -0.15) is 0 Å². The number of aryl methyl sites for hydroxylation is 1. The van der Waals surface area contributed by atoms with Crippen molar-refractivity contribution >= 4 is 5.97 Å². The van der Waals surface area contributed by atoms with Crippen LogP contribution in [0.1, 0.15) is 43.8 Å². The first-order chi connectivity index (χ1) is 9.00. The first-order valence-corrected chi connectivity index (χ1v) is 6.55. The van der Waals surface area contributed by atoms with Crippen molar-refractivity contribution in [2.45, 2.75) is 51.6 Å². The second-order valence-electron chi connectivity index (χ2n) is 5.05. The van der Waals surface area contributed by atoms with E-state index >= 15 is 0 Å². The number of carboxylic acids is 1. The van der Waals surface area contributed by atoms with Gasteiger partial charge in [-0.3, -0.25) is 14.2 Å². The van der Waals surface area contributed by atoms with E-state index in [1.165, 1.54) is 12.5 Å². The molecule has 1 aliphatic rings. The van der Waals surface area contributed by atoms with Crippen LogP contribution in [0, 0.1) is 6.92 Å². The topological polar surface area (TPSA) is 81.3 Å². The van der Waals surface area contributed by atoms with Crippen molar-refractivity contribution in [3.8, 4) is 0 Å². The van der Waals surface area contributed by atoms with Gasteiger partial charge in [-0.05, 0) is 19.8 Å². The minimum Gasteiger partial charge on any atom is -0.480 e. The number of carboxylic acid groups (broad SMARTS) is 1. The zero-order valence-electron chi connectivity index (χ0n) is 11.0. The van der Waals surface area contributed by atoms with E-state index in [2.05, 4.69) is 0 Å². The number of aromatic nitrogens is 2. The van der Waals surface area contributed by atoms with Gasteiger partial charge < -0.3 is 5.11 Å². The van der Waals surface area contributed by atoms with E-state index in [0.29, 0.717) is 5.69 Å². The molecule has 1 aliphatic carbocycles. The van der Waals surface area contributed by atoms with Gasteiger partial charge in [-0.15, -0.1) is 0 Å². The van der Waals surface area contributed by atoms with Crippen molar-refractivity contribution in [1.29, 1.82) is 0 Å². The van der Waals surface area contributed by atoms with Gasteiger partial charge in [0.05, 0.1) is 0 Å². The summed E-state index contributed by atoms with van der Waals surface area (Å²) >= 11 is 0. The van der Waals surface area contributed by atoms with Crippen molar-refractivity contribution in [3.63, 3.8) is 0 Å². The molecule has 1 saturated carbocycles. The van der Waals surface area contributed by atoms with Gasteiger partial charge in [0.25, 0.3) is 5.56 Å². The van der Waals surface area contributed by atoms with E-state index in [1.54, 1.807) is 11.5 Å². The summed E-state index contributed by atoms with van der Waals surface area (Å²) in [4.78, 5) is 34.8. The predicted molar refractivity (Wildman–Crippen MR) is 69.5 cm³/mol. The van der Waals surface area contributed by atoms with Gasteiger partial charge >= 0.3 is 11.7 Å². The average molecular weight is 266 g/mol. The van der Waals surface area contributed by atoms with Crippen LogP contribution in [0.2, 0.25) is 0 Å². The molecule has 19 heavy (non-hydrogen) atoms. The molecule has 6 heteroatoms. The van der Waals surface area contributed by atoms with E-state index < -0.39 is 23.8 Å². The molecule has 1 fully saturated rings. The Morgan fingerprint density at radius 1 is 1.32 bits per heavy atom. The maximum atomic E-state index is 12.3. The number of aliphatic carboxylic acids is 1. The van der Waals surface area contributed by atoms with Crippen molar-refractivity contribution in [2.75, 3.05) is 0 Å². The molecule has 0 aliphatic heterocycles. The van der Waals surface area contributed by atoms with Crippen molar-refractivity contribution < 1.29 is 9.90 Å². The summed E-state index contributed by atoms with van der Waals surface area (Å²) in [7, 11) is 0. The summed E-state index contributed by atoms with van der Waals surface area (Å²) in [6.07, 6.45) is 5.11. The molecule has 104 valence electrons. The van der Waals surface area contributed by atoms with E-state index in [4.69, 9.17) is 5.11 Å². The highest BCUT2D eigenvalue weighted by Crippen LogP contribution is 2.27. The van der Waals surface area contributed by atoms with Crippen molar-refractivity contribution in [2.24, 2.45) is 0 Å². The lowest BCUT2D eigenvalue weighted by atomic mass is 9.95. The zero-order chi connectivity index (χ0) is 14.0. The summed E-state index contributed by atoms with van der Waals surface area (Å²) in [6, 6.07) is 1.43. The molecule has 6 nitrogen and oxygen atoms in total.